The Balaban J connectivity index is 2.26. The molecule has 1 atom stereocenters. The van der Waals surface area contributed by atoms with Crippen molar-refractivity contribution in [2.24, 2.45) is 11.7 Å². The van der Waals surface area contributed by atoms with E-state index >= 15 is 0 Å². The number of carbonyl (C=O) groups is 1. The van der Waals surface area contributed by atoms with Crippen LogP contribution in [0.2, 0.25) is 0 Å². The monoisotopic (exact) mass is 248 g/mol. The smallest absolute Gasteiger partial charge is 0.308 e. The van der Waals surface area contributed by atoms with Gasteiger partial charge in [-0.05, 0) is 25.0 Å². The molecule has 1 unspecified atom stereocenters. The number of rotatable bonds is 3. The lowest BCUT2D eigenvalue weighted by atomic mass is 9.98. The van der Waals surface area contributed by atoms with Crippen molar-refractivity contribution in [1.82, 2.24) is 4.98 Å². The second kappa shape index (κ2) is 5.03. The van der Waals surface area contributed by atoms with Gasteiger partial charge in [0, 0.05) is 19.3 Å². The summed E-state index contributed by atoms with van der Waals surface area (Å²) in [4.78, 5) is 17.2. The second-order valence-corrected chi connectivity index (χ2v) is 4.41. The van der Waals surface area contributed by atoms with Crippen molar-refractivity contribution >= 4 is 17.6 Å². The van der Waals surface area contributed by atoms with Crippen LogP contribution in [0.25, 0.3) is 0 Å². The maximum absolute atomic E-state index is 11.0. The highest BCUT2D eigenvalue weighted by Crippen LogP contribution is 2.24. The second-order valence-electron chi connectivity index (χ2n) is 4.41. The average molecular weight is 248 g/mol. The van der Waals surface area contributed by atoms with E-state index in [9.17, 15) is 4.79 Å². The number of hydrogen-bond donors (Lipinski definition) is 3. The molecular formula is C12H16N4O2. The van der Waals surface area contributed by atoms with Crippen LogP contribution in [-0.2, 0) is 4.79 Å². The van der Waals surface area contributed by atoms with E-state index in [1.54, 1.807) is 18.3 Å². The molecule has 1 aliphatic rings. The van der Waals surface area contributed by atoms with Crippen LogP contribution in [-0.4, -0.2) is 35.0 Å². The highest BCUT2D eigenvalue weighted by Gasteiger charge is 2.27. The maximum Gasteiger partial charge on any atom is 0.308 e. The van der Waals surface area contributed by atoms with Crippen LogP contribution in [0.15, 0.2) is 18.3 Å². The number of carboxylic acids is 1. The molecule has 0 bridgehead atoms. The Morgan fingerprint density at radius 2 is 2.39 bits per heavy atom. The quantitative estimate of drug-likeness (QED) is 0.538. The Bertz CT molecular complexity index is 475. The molecule has 6 heteroatoms. The molecule has 0 aliphatic carbocycles. The topological polar surface area (TPSA) is 103 Å². The summed E-state index contributed by atoms with van der Waals surface area (Å²) in [7, 11) is 0. The van der Waals surface area contributed by atoms with E-state index in [4.69, 9.17) is 16.2 Å². The summed E-state index contributed by atoms with van der Waals surface area (Å²) in [5.74, 6) is -0.591. The minimum atomic E-state index is -0.778. The van der Waals surface area contributed by atoms with Gasteiger partial charge in [0.1, 0.15) is 11.7 Å². The number of hydrogen-bond acceptors (Lipinski definition) is 4. The summed E-state index contributed by atoms with van der Waals surface area (Å²) in [6, 6.07) is 3.45. The molecule has 0 aromatic carbocycles. The van der Waals surface area contributed by atoms with Gasteiger partial charge < -0.3 is 15.7 Å². The third-order valence-electron chi connectivity index (χ3n) is 3.15. The average Bonchev–Trinajstić information content (AvgIpc) is 2.39. The van der Waals surface area contributed by atoms with Gasteiger partial charge in [-0.3, -0.25) is 10.2 Å². The van der Waals surface area contributed by atoms with Crippen molar-refractivity contribution in [2.45, 2.75) is 12.8 Å². The van der Waals surface area contributed by atoms with E-state index < -0.39 is 5.97 Å². The molecule has 1 aliphatic heterocycles. The molecule has 2 heterocycles. The first kappa shape index (κ1) is 12.3. The zero-order valence-electron chi connectivity index (χ0n) is 9.97. The first-order valence-corrected chi connectivity index (χ1v) is 5.86. The molecule has 1 aromatic heterocycles. The Kier molecular flexibility index (Phi) is 3.45. The molecule has 0 radical (unpaired) electrons. The van der Waals surface area contributed by atoms with Crippen LogP contribution in [0.3, 0.4) is 0 Å². The lowest BCUT2D eigenvalue weighted by molar-refractivity contribution is -0.141. The molecule has 1 saturated heterocycles. The third-order valence-corrected chi connectivity index (χ3v) is 3.15. The molecule has 18 heavy (non-hydrogen) atoms. The predicted molar refractivity (Wildman–Crippen MR) is 67.8 cm³/mol. The number of nitrogens with zero attached hydrogens (tertiary/aromatic N) is 2. The molecule has 0 spiro atoms. The van der Waals surface area contributed by atoms with Crippen molar-refractivity contribution in [3.63, 3.8) is 0 Å². The number of amidine groups is 1. The van der Waals surface area contributed by atoms with Gasteiger partial charge in [0.15, 0.2) is 0 Å². The summed E-state index contributed by atoms with van der Waals surface area (Å²) < 4.78 is 0. The maximum atomic E-state index is 11.0. The normalized spacial score (nSPS) is 19.6. The lowest BCUT2D eigenvalue weighted by Crippen LogP contribution is -2.40. The summed E-state index contributed by atoms with van der Waals surface area (Å²) >= 11 is 0. The number of nitrogens with one attached hydrogen (secondary N) is 1. The van der Waals surface area contributed by atoms with Gasteiger partial charge in [-0.25, -0.2) is 4.98 Å². The standard InChI is InChI=1S/C12H16N4O2/c13-10(14)9-4-1-5-15-11(9)16-6-2-3-8(7-16)12(17)18/h1,4-5,8H,2-3,6-7H2,(H3,13,14)(H,17,18). The molecule has 2 rings (SSSR count). The van der Waals surface area contributed by atoms with Gasteiger partial charge in [-0.2, -0.15) is 0 Å². The Morgan fingerprint density at radius 1 is 1.61 bits per heavy atom. The van der Waals surface area contributed by atoms with Crippen molar-refractivity contribution < 1.29 is 9.90 Å². The van der Waals surface area contributed by atoms with Gasteiger partial charge in [0.25, 0.3) is 0 Å². The predicted octanol–water partition coefficient (Wildman–Crippen LogP) is 0.667. The van der Waals surface area contributed by atoms with Crippen molar-refractivity contribution in [3.05, 3.63) is 23.9 Å². The van der Waals surface area contributed by atoms with Gasteiger partial charge in [-0.15, -0.1) is 0 Å². The highest BCUT2D eigenvalue weighted by atomic mass is 16.4. The van der Waals surface area contributed by atoms with Crippen molar-refractivity contribution in [1.29, 1.82) is 5.41 Å². The molecule has 1 aromatic rings. The molecule has 1 fully saturated rings. The van der Waals surface area contributed by atoms with Crippen molar-refractivity contribution in [3.8, 4) is 0 Å². The first-order valence-electron chi connectivity index (χ1n) is 5.86. The number of pyridine rings is 1. The third kappa shape index (κ3) is 2.42. The van der Waals surface area contributed by atoms with Gasteiger partial charge >= 0.3 is 5.97 Å². The summed E-state index contributed by atoms with van der Waals surface area (Å²) in [6.07, 6.45) is 3.13. The number of nitrogen functional groups attached to an aromatic ring is 1. The molecule has 4 N–H and O–H groups in total. The van der Waals surface area contributed by atoms with Gasteiger partial charge in [-0.1, -0.05) is 0 Å². The van der Waals surface area contributed by atoms with Crippen LogP contribution in [0, 0.1) is 11.3 Å². The van der Waals surface area contributed by atoms with Gasteiger partial charge in [0.05, 0.1) is 11.5 Å². The molecule has 6 nitrogen and oxygen atoms in total. The number of nitrogens with two attached hydrogens (primary N) is 1. The number of aromatic nitrogens is 1. The molecule has 0 amide bonds. The Morgan fingerprint density at radius 3 is 3.06 bits per heavy atom. The number of piperidine rings is 1. The SMILES string of the molecule is N=C(N)c1cccnc1N1CCCC(C(=O)O)C1. The lowest BCUT2D eigenvalue weighted by Gasteiger charge is -2.32. The van der Waals surface area contributed by atoms with Crippen molar-refractivity contribution in [2.75, 3.05) is 18.0 Å². The van der Waals surface area contributed by atoms with E-state index in [0.717, 1.165) is 13.0 Å². The highest BCUT2D eigenvalue weighted by molar-refractivity contribution is 5.99. The largest absolute Gasteiger partial charge is 0.481 e. The van der Waals surface area contributed by atoms with E-state index in [-0.39, 0.29) is 11.8 Å². The minimum absolute atomic E-state index is 0.0458. The van der Waals surface area contributed by atoms with Crippen LogP contribution < -0.4 is 10.6 Å². The zero-order valence-corrected chi connectivity index (χ0v) is 9.97. The summed E-state index contributed by atoms with van der Waals surface area (Å²) in [5.41, 5.74) is 6.07. The number of aliphatic carboxylic acids is 1. The fourth-order valence-electron chi connectivity index (χ4n) is 2.23. The Hall–Kier alpha value is -2.11. The van der Waals surface area contributed by atoms with Crippen LogP contribution in [0.5, 0.6) is 0 Å². The first-order chi connectivity index (χ1) is 8.59. The summed E-state index contributed by atoms with van der Waals surface area (Å²) in [5, 5.41) is 16.6. The molecule has 0 saturated carbocycles. The van der Waals surface area contributed by atoms with E-state index in [1.165, 1.54) is 0 Å². The molecule has 96 valence electrons. The zero-order chi connectivity index (χ0) is 13.1. The van der Waals surface area contributed by atoms with E-state index in [2.05, 4.69) is 4.98 Å². The minimum Gasteiger partial charge on any atom is -0.481 e. The van der Waals surface area contributed by atoms with Crippen LogP contribution in [0.1, 0.15) is 18.4 Å². The van der Waals surface area contributed by atoms with Gasteiger partial charge in [0.2, 0.25) is 0 Å². The Labute approximate surface area is 105 Å². The van der Waals surface area contributed by atoms with Crippen LogP contribution >= 0.6 is 0 Å². The molecular weight excluding hydrogens is 232 g/mol. The van der Waals surface area contributed by atoms with E-state index in [0.29, 0.717) is 24.3 Å². The van der Waals surface area contributed by atoms with E-state index in [1.807, 2.05) is 4.90 Å². The number of anilines is 1. The number of carboxylic acid groups (broad SMARTS) is 1. The fraction of sp³-hybridized carbons (Fsp3) is 0.417. The summed E-state index contributed by atoms with van der Waals surface area (Å²) in [6.45, 7) is 1.17. The fourth-order valence-corrected chi connectivity index (χ4v) is 2.23. The van der Waals surface area contributed by atoms with Crippen LogP contribution in [0.4, 0.5) is 5.82 Å².